The number of hydrogen-bond acceptors (Lipinski definition) is 5. The summed E-state index contributed by atoms with van der Waals surface area (Å²) in [6.45, 7) is 1.58. The SMILES string of the molecule is COCC(C)(NC(=O)OCC1c2ccccc2-c2ccccc21)C(=O)NC1(CC(=O)O)CCCC1. The summed E-state index contributed by atoms with van der Waals surface area (Å²) in [5.74, 6) is -1.56. The molecule has 0 saturated heterocycles. The van der Waals surface area contributed by atoms with Crippen LogP contribution in [0.1, 0.15) is 56.1 Å². The molecule has 3 N–H and O–H groups in total. The molecule has 0 aromatic heterocycles. The molecule has 2 amide bonds. The van der Waals surface area contributed by atoms with Crippen molar-refractivity contribution in [3.8, 4) is 11.1 Å². The minimum atomic E-state index is -1.43. The van der Waals surface area contributed by atoms with Gasteiger partial charge in [-0.2, -0.15) is 0 Å². The van der Waals surface area contributed by atoms with Gasteiger partial charge in [-0.1, -0.05) is 61.4 Å². The van der Waals surface area contributed by atoms with Crippen LogP contribution in [0, 0.1) is 0 Å². The minimum Gasteiger partial charge on any atom is -0.481 e. The molecule has 1 atom stereocenters. The maximum absolute atomic E-state index is 13.3. The number of carboxylic acid groups (broad SMARTS) is 1. The molecule has 8 nitrogen and oxygen atoms in total. The fraction of sp³-hybridized carbons (Fsp3) is 0.444. The lowest BCUT2D eigenvalue weighted by atomic mass is 9.91. The Morgan fingerprint density at radius 1 is 1.03 bits per heavy atom. The van der Waals surface area contributed by atoms with E-state index in [0.29, 0.717) is 12.8 Å². The van der Waals surface area contributed by atoms with Crippen molar-refractivity contribution in [2.45, 2.75) is 56.0 Å². The summed E-state index contributed by atoms with van der Waals surface area (Å²) in [7, 11) is 1.44. The second-order valence-corrected chi connectivity index (χ2v) is 9.73. The molecule has 0 bridgehead atoms. The minimum absolute atomic E-state index is 0.0911. The molecule has 35 heavy (non-hydrogen) atoms. The van der Waals surface area contributed by atoms with Gasteiger partial charge in [-0.05, 0) is 42.0 Å². The summed E-state index contributed by atoms with van der Waals surface area (Å²) in [6.07, 6.45) is 1.95. The van der Waals surface area contributed by atoms with Gasteiger partial charge in [-0.15, -0.1) is 0 Å². The molecule has 4 rings (SSSR count). The lowest BCUT2D eigenvalue weighted by molar-refractivity contribution is -0.139. The van der Waals surface area contributed by atoms with Crippen molar-refractivity contribution in [1.82, 2.24) is 10.6 Å². The Morgan fingerprint density at radius 2 is 1.60 bits per heavy atom. The average Bonchev–Trinajstić information content (AvgIpc) is 3.39. The van der Waals surface area contributed by atoms with E-state index >= 15 is 0 Å². The Bertz CT molecular complexity index is 1060. The largest absolute Gasteiger partial charge is 0.481 e. The van der Waals surface area contributed by atoms with E-state index in [1.54, 1.807) is 6.92 Å². The standard InChI is InChI=1S/C27H32N2O6/c1-26(17-34-2,24(32)28-27(15-23(30)31)13-7-8-14-27)29-25(33)35-16-22-20-11-5-3-9-18(20)19-10-4-6-12-21(19)22/h3-6,9-12,22H,7-8,13-17H2,1-2H3,(H,28,32)(H,29,33)(H,30,31). The molecule has 2 aliphatic carbocycles. The zero-order valence-electron chi connectivity index (χ0n) is 20.1. The van der Waals surface area contributed by atoms with Crippen LogP contribution in [-0.2, 0) is 19.1 Å². The number of fused-ring (bicyclic) bond motifs is 3. The Morgan fingerprint density at radius 3 is 2.14 bits per heavy atom. The third-order valence-electron chi connectivity index (χ3n) is 7.08. The van der Waals surface area contributed by atoms with E-state index in [1.807, 2.05) is 36.4 Å². The number of carboxylic acids is 1. The second-order valence-electron chi connectivity index (χ2n) is 9.73. The average molecular weight is 481 g/mol. The van der Waals surface area contributed by atoms with Crippen molar-refractivity contribution in [3.63, 3.8) is 0 Å². The third-order valence-corrected chi connectivity index (χ3v) is 7.08. The van der Waals surface area contributed by atoms with Gasteiger partial charge in [0.05, 0.1) is 18.6 Å². The smallest absolute Gasteiger partial charge is 0.408 e. The van der Waals surface area contributed by atoms with E-state index in [4.69, 9.17) is 9.47 Å². The number of ether oxygens (including phenoxy) is 2. The van der Waals surface area contributed by atoms with Gasteiger partial charge < -0.3 is 25.2 Å². The molecule has 0 aliphatic heterocycles. The van der Waals surface area contributed by atoms with Gasteiger partial charge in [0.25, 0.3) is 0 Å². The van der Waals surface area contributed by atoms with E-state index in [2.05, 4.69) is 22.8 Å². The molecule has 1 unspecified atom stereocenters. The first kappa shape index (κ1) is 24.7. The van der Waals surface area contributed by atoms with E-state index in [1.165, 1.54) is 7.11 Å². The molecule has 186 valence electrons. The highest BCUT2D eigenvalue weighted by atomic mass is 16.5. The van der Waals surface area contributed by atoms with Crippen LogP contribution in [0.25, 0.3) is 11.1 Å². The molecular formula is C27H32N2O6. The molecule has 0 spiro atoms. The molecule has 2 aromatic carbocycles. The van der Waals surface area contributed by atoms with Gasteiger partial charge in [0.2, 0.25) is 5.91 Å². The highest BCUT2D eigenvalue weighted by Gasteiger charge is 2.43. The molecule has 1 saturated carbocycles. The van der Waals surface area contributed by atoms with Crippen LogP contribution in [0.15, 0.2) is 48.5 Å². The summed E-state index contributed by atoms with van der Waals surface area (Å²) >= 11 is 0. The van der Waals surface area contributed by atoms with Crippen molar-refractivity contribution < 1.29 is 29.0 Å². The zero-order valence-corrected chi connectivity index (χ0v) is 20.1. The molecule has 8 heteroatoms. The van der Waals surface area contributed by atoms with Crippen LogP contribution in [0.3, 0.4) is 0 Å². The Balaban J connectivity index is 1.44. The van der Waals surface area contributed by atoms with Gasteiger partial charge in [-0.25, -0.2) is 4.79 Å². The normalized spacial score (nSPS) is 17.7. The molecule has 0 heterocycles. The third kappa shape index (κ3) is 5.17. The number of amides is 2. The fourth-order valence-electron chi connectivity index (χ4n) is 5.37. The maximum Gasteiger partial charge on any atom is 0.408 e. The Labute approximate surface area is 205 Å². The second kappa shape index (κ2) is 10.1. The van der Waals surface area contributed by atoms with Crippen molar-refractivity contribution in [3.05, 3.63) is 59.7 Å². The number of hydrogen-bond donors (Lipinski definition) is 3. The highest BCUT2D eigenvalue weighted by Crippen LogP contribution is 2.44. The van der Waals surface area contributed by atoms with Gasteiger partial charge in [0, 0.05) is 13.0 Å². The number of carbonyl (C=O) groups excluding carboxylic acids is 2. The monoisotopic (exact) mass is 480 g/mol. The molecule has 1 fully saturated rings. The number of carbonyl (C=O) groups is 3. The zero-order chi connectivity index (χ0) is 25.1. The van der Waals surface area contributed by atoms with Gasteiger partial charge in [-0.3, -0.25) is 9.59 Å². The van der Waals surface area contributed by atoms with Crippen molar-refractivity contribution in [1.29, 1.82) is 0 Å². The number of aliphatic carboxylic acids is 1. The maximum atomic E-state index is 13.3. The lowest BCUT2D eigenvalue weighted by Crippen LogP contribution is -2.63. The van der Waals surface area contributed by atoms with Crippen LogP contribution in [0.5, 0.6) is 0 Å². The van der Waals surface area contributed by atoms with E-state index in [9.17, 15) is 19.5 Å². The first-order valence-electron chi connectivity index (χ1n) is 11.9. The summed E-state index contributed by atoms with van der Waals surface area (Å²) < 4.78 is 10.8. The van der Waals surface area contributed by atoms with Crippen LogP contribution in [0.4, 0.5) is 4.79 Å². The number of alkyl carbamates (subject to hydrolysis) is 1. The quantitative estimate of drug-likeness (QED) is 0.503. The van der Waals surface area contributed by atoms with E-state index in [0.717, 1.165) is 35.1 Å². The molecule has 0 radical (unpaired) electrons. The van der Waals surface area contributed by atoms with E-state index < -0.39 is 29.0 Å². The first-order valence-corrected chi connectivity index (χ1v) is 11.9. The van der Waals surface area contributed by atoms with E-state index in [-0.39, 0.29) is 25.6 Å². The summed E-state index contributed by atoms with van der Waals surface area (Å²) in [4.78, 5) is 37.5. The molecule has 2 aliphatic rings. The van der Waals surface area contributed by atoms with Gasteiger partial charge >= 0.3 is 12.1 Å². The molecular weight excluding hydrogens is 448 g/mol. The predicted molar refractivity (Wildman–Crippen MR) is 130 cm³/mol. The summed E-state index contributed by atoms with van der Waals surface area (Å²) in [5, 5.41) is 14.9. The number of rotatable bonds is 9. The van der Waals surface area contributed by atoms with Crippen molar-refractivity contribution >= 4 is 18.0 Å². The van der Waals surface area contributed by atoms with Gasteiger partial charge in [0.1, 0.15) is 12.1 Å². The van der Waals surface area contributed by atoms with Crippen LogP contribution in [-0.4, -0.2) is 54.5 Å². The van der Waals surface area contributed by atoms with Crippen molar-refractivity contribution in [2.75, 3.05) is 20.3 Å². The number of nitrogens with one attached hydrogen (secondary N) is 2. The highest BCUT2D eigenvalue weighted by molar-refractivity contribution is 5.90. The number of methoxy groups -OCH3 is 1. The molecule has 2 aromatic rings. The van der Waals surface area contributed by atoms with Crippen LogP contribution < -0.4 is 10.6 Å². The summed E-state index contributed by atoms with van der Waals surface area (Å²) in [5.41, 5.74) is 2.19. The lowest BCUT2D eigenvalue weighted by Gasteiger charge is -2.35. The first-order chi connectivity index (χ1) is 16.8. The van der Waals surface area contributed by atoms with Gasteiger partial charge in [0.15, 0.2) is 0 Å². The predicted octanol–water partition coefficient (Wildman–Crippen LogP) is 3.83. The van der Waals surface area contributed by atoms with Crippen molar-refractivity contribution in [2.24, 2.45) is 0 Å². The van der Waals surface area contributed by atoms with Crippen LogP contribution in [0.2, 0.25) is 0 Å². The number of benzene rings is 2. The Kier molecular flexibility index (Phi) is 7.12. The Hall–Kier alpha value is -3.39. The topological polar surface area (TPSA) is 114 Å². The fourth-order valence-corrected chi connectivity index (χ4v) is 5.37. The van der Waals surface area contributed by atoms with Crippen LogP contribution >= 0.6 is 0 Å². The summed E-state index contributed by atoms with van der Waals surface area (Å²) in [6, 6.07) is 16.1.